The number of ether oxygens (including phenoxy) is 2. The van der Waals surface area contributed by atoms with Gasteiger partial charge in [-0.3, -0.25) is 0 Å². The Hall–Kier alpha value is -0.900. The van der Waals surface area contributed by atoms with Gasteiger partial charge in [-0.2, -0.15) is 0 Å². The maximum absolute atomic E-state index is 8.91. The van der Waals surface area contributed by atoms with Crippen molar-refractivity contribution in [2.75, 3.05) is 13.2 Å². The minimum atomic E-state index is -0.491. The zero-order valence-corrected chi connectivity index (χ0v) is 10.5. The quantitative estimate of drug-likeness (QED) is 0.872. The molecule has 0 bridgehead atoms. The highest BCUT2D eigenvalue weighted by molar-refractivity contribution is 5.30. The first-order chi connectivity index (χ1) is 8.12. The van der Waals surface area contributed by atoms with E-state index >= 15 is 0 Å². The second kappa shape index (κ2) is 5.17. The molecule has 1 atom stereocenters. The van der Waals surface area contributed by atoms with Gasteiger partial charge in [0.1, 0.15) is 6.10 Å². The molecule has 0 aliphatic carbocycles. The van der Waals surface area contributed by atoms with Gasteiger partial charge in [0.2, 0.25) is 0 Å². The highest BCUT2D eigenvalue weighted by Crippen LogP contribution is 2.34. The van der Waals surface area contributed by atoms with Crippen LogP contribution < -0.4 is 0 Å². The Morgan fingerprint density at radius 3 is 2.76 bits per heavy atom. The van der Waals surface area contributed by atoms with Crippen molar-refractivity contribution in [1.29, 1.82) is 0 Å². The molecule has 1 aliphatic rings. The molecule has 2 rings (SSSR count). The summed E-state index contributed by atoms with van der Waals surface area (Å²) in [6, 6.07) is 8.23. The average molecular weight is 236 g/mol. The third kappa shape index (κ3) is 3.06. The van der Waals surface area contributed by atoms with Crippen LogP contribution in [0.3, 0.4) is 0 Å². The van der Waals surface area contributed by atoms with Crippen LogP contribution in [0.4, 0.5) is 0 Å². The van der Waals surface area contributed by atoms with Crippen molar-refractivity contribution in [1.82, 2.24) is 0 Å². The smallest absolute Gasteiger partial charge is 0.163 e. The summed E-state index contributed by atoms with van der Waals surface area (Å²) >= 11 is 0. The zero-order chi connectivity index (χ0) is 12.3. The molecule has 1 heterocycles. The molecule has 94 valence electrons. The van der Waals surface area contributed by atoms with E-state index in [1.54, 1.807) is 0 Å². The second-order valence-corrected chi connectivity index (χ2v) is 4.84. The Labute approximate surface area is 102 Å². The molecule has 0 saturated carbocycles. The Bertz CT molecular complexity index is 373. The monoisotopic (exact) mass is 236 g/mol. The van der Waals surface area contributed by atoms with Crippen molar-refractivity contribution in [3.63, 3.8) is 0 Å². The minimum Gasteiger partial charge on any atom is -0.396 e. The summed E-state index contributed by atoms with van der Waals surface area (Å²) in [4.78, 5) is 0. The first kappa shape index (κ1) is 12.6. The van der Waals surface area contributed by atoms with Crippen LogP contribution in [0.2, 0.25) is 0 Å². The number of hydrogen-bond acceptors (Lipinski definition) is 3. The summed E-state index contributed by atoms with van der Waals surface area (Å²) in [5.74, 6) is -0.491. The fraction of sp³-hybridized carbons (Fsp3) is 0.571. The molecule has 0 aromatic heterocycles. The Morgan fingerprint density at radius 2 is 2.12 bits per heavy atom. The van der Waals surface area contributed by atoms with E-state index in [2.05, 4.69) is 12.1 Å². The average Bonchev–Trinajstić information content (AvgIpc) is 2.67. The Balaban J connectivity index is 2.15. The van der Waals surface area contributed by atoms with Gasteiger partial charge in [-0.15, -0.1) is 0 Å². The van der Waals surface area contributed by atoms with Gasteiger partial charge in [-0.1, -0.05) is 24.3 Å². The molecule has 1 unspecified atom stereocenters. The van der Waals surface area contributed by atoms with Crippen LogP contribution in [-0.4, -0.2) is 24.1 Å². The molecular weight excluding hydrogens is 216 g/mol. The predicted molar refractivity (Wildman–Crippen MR) is 65.7 cm³/mol. The zero-order valence-electron chi connectivity index (χ0n) is 10.5. The number of aryl methyl sites for hydroxylation is 1. The summed E-state index contributed by atoms with van der Waals surface area (Å²) < 4.78 is 11.5. The molecule has 1 aromatic carbocycles. The largest absolute Gasteiger partial charge is 0.396 e. The molecule has 17 heavy (non-hydrogen) atoms. The van der Waals surface area contributed by atoms with E-state index in [0.717, 1.165) is 12.8 Å². The maximum atomic E-state index is 8.91. The Kier molecular flexibility index (Phi) is 3.82. The van der Waals surface area contributed by atoms with Crippen LogP contribution >= 0.6 is 0 Å². The molecule has 3 nitrogen and oxygen atoms in total. The highest BCUT2D eigenvalue weighted by atomic mass is 16.7. The van der Waals surface area contributed by atoms with E-state index in [-0.39, 0.29) is 12.7 Å². The van der Waals surface area contributed by atoms with E-state index < -0.39 is 5.79 Å². The lowest BCUT2D eigenvalue weighted by Crippen LogP contribution is -2.19. The van der Waals surface area contributed by atoms with Crippen LogP contribution in [0.15, 0.2) is 24.3 Å². The predicted octanol–water partition coefficient (Wildman–Crippen LogP) is 2.44. The van der Waals surface area contributed by atoms with Crippen molar-refractivity contribution < 1.29 is 14.6 Å². The molecule has 0 radical (unpaired) electrons. The molecular formula is C14H20O3. The van der Waals surface area contributed by atoms with Crippen molar-refractivity contribution in [2.24, 2.45) is 0 Å². The number of rotatable bonds is 4. The van der Waals surface area contributed by atoms with E-state index in [0.29, 0.717) is 6.61 Å². The van der Waals surface area contributed by atoms with Crippen molar-refractivity contribution in [3.8, 4) is 0 Å². The van der Waals surface area contributed by atoms with Crippen LogP contribution in [0.1, 0.15) is 37.5 Å². The van der Waals surface area contributed by atoms with Gasteiger partial charge in [0, 0.05) is 6.61 Å². The van der Waals surface area contributed by atoms with Crippen molar-refractivity contribution in [2.45, 2.75) is 38.6 Å². The van der Waals surface area contributed by atoms with Crippen LogP contribution in [-0.2, 0) is 15.9 Å². The normalized spacial score (nSPS) is 22.9. The highest BCUT2D eigenvalue weighted by Gasteiger charge is 2.34. The lowest BCUT2D eigenvalue weighted by molar-refractivity contribution is -0.139. The Morgan fingerprint density at radius 1 is 1.35 bits per heavy atom. The van der Waals surface area contributed by atoms with Crippen LogP contribution in [0, 0.1) is 0 Å². The lowest BCUT2D eigenvalue weighted by Gasteiger charge is -2.18. The molecule has 1 aromatic rings. The molecule has 0 amide bonds. The van der Waals surface area contributed by atoms with E-state index in [9.17, 15) is 0 Å². The van der Waals surface area contributed by atoms with Crippen molar-refractivity contribution >= 4 is 0 Å². The summed E-state index contributed by atoms with van der Waals surface area (Å²) in [5, 5.41) is 8.91. The molecule has 1 aliphatic heterocycles. The maximum Gasteiger partial charge on any atom is 0.163 e. The second-order valence-electron chi connectivity index (χ2n) is 4.84. The molecule has 0 spiro atoms. The van der Waals surface area contributed by atoms with Gasteiger partial charge in [0.05, 0.1) is 6.61 Å². The van der Waals surface area contributed by atoms with Gasteiger partial charge in [-0.05, 0) is 37.8 Å². The summed E-state index contributed by atoms with van der Waals surface area (Å²) in [6.07, 6.45) is 1.68. The van der Waals surface area contributed by atoms with Crippen LogP contribution in [0.5, 0.6) is 0 Å². The first-order valence-corrected chi connectivity index (χ1v) is 6.13. The summed E-state index contributed by atoms with van der Waals surface area (Å²) in [6.45, 7) is 4.69. The van der Waals surface area contributed by atoms with Gasteiger partial charge < -0.3 is 14.6 Å². The van der Waals surface area contributed by atoms with E-state index in [4.69, 9.17) is 14.6 Å². The standard InChI is InChI=1S/C14H20O3/c1-14(2)16-10-13(17-14)12-8-4-3-6-11(12)7-5-9-15/h3-4,6,8,13,15H,5,7,9-10H2,1-2H3. The van der Waals surface area contributed by atoms with Gasteiger partial charge in [0.25, 0.3) is 0 Å². The number of benzene rings is 1. The minimum absolute atomic E-state index is 0.0138. The molecule has 1 N–H and O–H groups in total. The molecule has 3 heteroatoms. The van der Waals surface area contributed by atoms with Crippen LogP contribution in [0.25, 0.3) is 0 Å². The SMILES string of the molecule is CC1(C)OCC(c2ccccc2CCCO)O1. The van der Waals surface area contributed by atoms with Crippen molar-refractivity contribution in [3.05, 3.63) is 35.4 Å². The third-order valence-electron chi connectivity index (χ3n) is 3.01. The van der Waals surface area contributed by atoms with Gasteiger partial charge in [0.15, 0.2) is 5.79 Å². The van der Waals surface area contributed by atoms with Gasteiger partial charge >= 0.3 is 0 Å². The summed E-state index contributed by atoms with van der Waals surface area (Å²) in [5.41, 5.74) is 2.43. The molecule has 1 saturated heterocycles. The number of hydrogen-bond donors (Lipinski definition) is 1. The number of aliphatic hydroxyl groups is 1. The van der Waals surface area contributed by atoms with E-state index in [1.165, 1.54) is 11.1 Å². The first-order valence-electron chi connectivity index (χ1n) is 6.13. The molecule has 1 fully saturated rings. The fourth-order valence-electron chi connectivity index (χ4n) is 2.19. The topological polar surface area (TPSA) is 38.7 Å². The number of aliphatic hydroxyl groups excluding tert-OH is 1. The van der Waals surface area contributed by atoms with E-state index in [1.807, 2.05) is 26.0 Å². The lowest BCUT2D eigenvalue weighted by atomic mass is 9.99. The van der Waals surface area contributed by atoms with Gasteiger partial charge in [-0.25, -0.2) is 0 Å². The fourth-order valence-corrected chi connectivity index (χ4v) is 2.19. The summed E-state index contributed by atoms with van der Waals surface area (Å²) in [7, 11) is 0. The third-order valence-corrected chi connectivity index (χ3v) is 3.01.